The number of hydrogen-bond donors (Lipinski definition) is 3. The number of rotatable bonds is 7. The van der Waals surface area contributed by atoms with Crippen LogP contribution in [0.4, 0.5) is 0 Å². The Hall–Kier alpha value is -1.88. The van der Waals surface area contributed by atoms with Crippen molar-refractivity contribution in [1.82, 2.24) is 5.32 Å². The van der Waals surface area contributed by atoms with E-state index in [1.807, 2.05) is 44.2 Å². The molecule has 1 amide bonds. The number of nitrogens with two attached hydrogens (primary N) is 1. The standard InChI is InChI=1S/C14H20N2O3/c1-14(2,10-6-4-3-5-7-10)16-11(13(15)19)8-9-12(17)18/h3-7,11,16H,8-9H2,1-2H3,(H2,15,19)(H,17,18)/t11-/m0/s1. The number of carbonyl (C=O) groups excluding carboxylic acids is 1. The molecule has 0 aromatic heterocycles. The molecule has 5 nitrogen and oxygen atoms in total. The molecule has 0 unspecified atom stereocenters. The minimum absolute atomic E-state index is 0.0918. The molecule has 5 heteroatoms. The Morgan fingerprint density at radius 2 is 1.89 bits per heavy atom. The van der Waals surface area contributed by atoms with E-state index in [1.165, 1.54) is 0 Å². The van der Waals surface area contributed by atoms with Gasteiger partial charge in [0.15, 0.2) is 0 Å². The molecule has 1 atom stereocenters. The summed E-state index contributed by atoms with van der Waals surface area (Å²) in [4.78, 5) is 22.0. The van der Waals surface area contributed by atoms with E-state index in [0.29, 0.717) is 0 Å². The van der Waals surface area contributed by atoms with Crippen LogP contribution < -0.4 is 11.1 Å². The lowest BCUT2D eigenvalue weighted by atomic mass is 9.92. The van der Waals surface area contributed by atoms with Gasteiger partial charge in [0, 0.05) is 12.0 Å². The van der Waals surface area contributed by atoms with E-state index < -0.39 is 23.5 Å². The van der Waals surface area contributed by atoms with Crippen molar-refractivity contribution < 1.29 is 14.7 Å². The summed E-state index contributed by atoms with van der Waals surface area (Å²) < 4.78 is 0. The molecular weight excluding hydrogens is 244 g/mol. The highest BCUT2D eigenvalue weighted by atomic mass is 16.4. The first-order valence-corrected chi connectivity index (χ1v) is 6.17. The zero-order valence-electron chi connectivity index (χ0n) is 11.2. The number of benzene rings is 1. The van der Waals surface area contributed by atoms with Crippen molar-refractivity contribution in [3.63, 3.8) is 0 Å². The van der Waals surface area contributed by atoms with Gasteiger partial charge in [-0.05, 0) is 25.8 Å². The first kappa shape index (κ1) is 15.2. The Labute approximate surface area is 112 Å². The minimum Gasteiger partial charge on any atom is -0.481 e. The van der Waals surface area contributed by atoms with Crippen LogP contribution in [0.3, 0.4) is 0 Å². The van der Waals surface area contributed by atoms with Crippen LogP contribution >= 0.6 is 0 Å². The second-order valence-corrected chi connectivity index (χ2v) is 5.02. The average Bonchev–Trinajstić information content (AvgIpc) is 2.35. The van der Waals surface area contributed by atoms with E-state index >= 15 is 0 Å². The molecule has 0 aliphatic carbocycles. The molecule has 0 aliphatic rings. The van der Waals surface area contributed by atoms with Crippen molar-refractivity contribution >= 4 is 11.9 Å². The van der Waals surface area contributed by atoms with Gasteiger partial charge in [-0.3, -0.25) is 14.9 Å². The van der Waals surface area contributed by atoms with Crippen LogP contribution in [0.25, 0.3) is 0 Å². The summed E-state index contributed by atoms with van der Waals surface area (Å²) in [6.07, 6.45) is 0.0897. The highest BCUT2D eigenvalue weighted by Gasteiger charge is 2.27. The normalized spacial score (nSPS) is 12.9. The predicted octanol–water partition coefficient (Wildman–Crippen LogP) is 1.23. The predicted molar refractivity (Wildman–Crippen MR) is 72.5 cm³/mol. The molecule has 0 fully saturated rings. The number of carbonyl (C=O) groups is 2. The molecule has 0 heterocycles. The summed E-state index contributed by atoms with van der Waals surface area (Å²) in [6.45, 7) is 3.86. The summed E-state index contributed by atoms with van der Waals surface area (Å²) in [7, 11) is 0. The largest absolute Gasteiger partial charge is 0.481 e. The molecule has 1 aromatic carbocycles. The maximum absolute atomic E-state index is 11.4. The van der Waals surface area contributed by atoms with Gasteiger partial charge >= 0.3 is 5.97 Å². The van der Waals surface area contributed by atoms with Crippen molar-refractivity contribution in [2.24, 2.45) is 5.73 Å². The van der Waals surface area contributed by atoms with Gasteiger partial charge in [0.1, 0.15) is 0 Å². The Bertz CT molecular complexity index is 443. The number of primary amides is 1. The monoisotopic (exact) mass is 264 g/mol. The zero-order chi connectivity index (χ0) is 14.5. The lowest BCUT2D eigenvalue weighted by molar-refractivity contribution is -0.137. The van der Waals surface area contributed by atoms with E-state index in [0.717, 1.165) is 5.56 Å². The van der Waals surface area contributed by atoms with E-state index in [2.05, 4.69) is 5.32 Å². The van der Waals surface area contributed by atoms with Crippen LogP contribution in [0.1, 0.15) is 32.3 Å². The minimum atomic E-state index is -0.939. The third kappa shape index (κ3) is 4.71. The van der Waals surface area contributed by atoms with Gasteiger partial charge in [-0.25, -0.2) is 0 Å². The Morgan fingerprint density at radius 1 is 1.32 bits per heavy atom. The van der Waals surface area contributed by atoms with Crippen molar-refractivity contribution in [2.75, 3.05) is 0 Å². The Kier molecular flexibility index (Phi) is 5.06. The van der Waals surface area contributed by atoms with Crippen LogP contribution in [0.5, 0.6) is 0 Å². The van der Waals surface area contributed by atoms with E-state index in [1.54, 1.807) is 0 Å². The number of carboxylic acids is 1. The highest BCUT2D eigenvalue weighted by Crippen LogP contribution is 2.21. The fourth-order valence-corrected chi connectivity index (χ4v) is 1.93. The van der Waals surface area contributed by atoms with E-state index in [4.69, 9.17) is 10.8 Å². The van der Waals surface area contributed by atoms with Gasteiger partial charge in [-0.2, -0.15) is 0 Å². The van der Waals surface area contributed by atoms with Gasteiger partial charge in [0.2, 0.25) is 5.91 Å². The lowest BCUT2D eigenvalue weighted by Crippen LogP contribution is -2.50. The molecule has 19 heavy (non-hydrogen) atoms. The second-order valence-electron chi connectivity index (χ2n) is 5.02. The number of carboxylic acid groups (broad SMARTS) is 1. The number of aliphatic carboxylic acids is 1. The summed E-state index contributed by atoms with van der Waals surface area (Å²) in [5.41, 5.74) is 5.87. The van der Waals surface area contributed by atoms with Gasteiger partial charge in [-0.1, -0.05) is 30.3 Å². The lowest BCUT2D eigenvalue weighted by Gasteiger charge is -2.31. The molecule has 0 aliphatic heterocycles. The molecule has 4 N–H and O–H groups in total. The molecule has 0 radical (unpaired) electrons. The van der Waals surface area contributed by atoms with Gasteiger partial charge in [0.05, 0.1) is 6.04 Å². The average molecular weight is 264 g/mol. The summed E-state index contributed by atoms with van der Waals surface area (Å²) >= 11 is 0. The molecule has 0 bridgehead atoms. The van der Waals surface area contributed by atoms with Crippen LogP contribution in [0.15, 0.2) is 30.3 Å². The molecule has 0 saturated heterocycles. The first-order chi connectivity index (χ1) is 8.83. The van der Waals surface area contributed by atoms with Gasteiger partial charge in [-0.15, -0.1) is 0 Å². The Balaban J connectivity index is 2.77. The van der Waals surface area contributed by atoms with Crippen LogP contribution in [-0.4, -0.2) is 23.0 Å². The molecule has 104 valence electrons. The SMILES string of the molecule is CC(C)(N[C@@H](CCC(=O)O)C(N)=O)c1ccccc1. The Morgan fingerprint density at radius 3 is 2.37 bits per heavy atom. The number of amides is 1. The quantitative estimate of drug-likeness (QED) is 0.690. The smallest absolute Gasteiger partial charge is 0.303 e. The van der Waals surface area contributed by atoms with Crippen LogP contribution in [0.2, 0.25) is 0 Å². The van der Waals surface area contributed by atoms with Crippen molar-refractivity contribution in [1.29, 1.82) is 0 Å². The second kappa shape index (κ2) is 6.33. The molecule has 1 rings (SSSR count). The summed E-state index contributed by atoms with van der Waals surface area (Å²) in [6, 6.07) is 8.97. The third-order valence-corrected chi connectivity index (χ3v) is 3.02. The first-order valence-electron chi connectivity index (χ1n) is 6.17. The van der Waals surface area contributed by atoms with Crippen molar-refractivity contribution in [3.05, 3.63) is 35.9 Å². The maximum Gasteiger partial charge on any atom is 0.303 e. The molecule has 1 aromatic rings. The van der Waals surface area contributed by atoms with E-state index in [9.17, 15) is 9.59 Å². The summed E-state index contributed by atoms with van der Waals surface area (Å²) in [5, 5.41) is 11.8. The van der Waals surface area contributed by atoms with Crippen molar-refractivity contribution in [2.45, 2.75) is 38.3 Å². The number of nitrogens with one attached hydrogen (secondary N) is 1. The van der Waals surface area contributed by atoms with Crippen molar-refractivity contribution in [3.8, 4) is 0 Å². The van der Waals surface area contributed by atoms with E-state index in [-0.39, 0.29) is 12.8 Å². The number of hydrogen-bond acceptors (Lipinski definition) is 3. The highest BCUT2D eigenvalue weighted by molar-refractivity contribution is 5.80. The fourth-order valence-electron chi connectivity index (χ4n) is 1.93. The maximum atomic E-state index is 11.4. The zero-order valence-corrected chi connectivity index (χ0v) is 11.2. The molecule has 0 spiro atoms. The van der Waals surface area contributed by atoms with Crippen LogP contribution in [0, 0.1) is 0 Å². The molecule has 0 saturated carbocycles. The summed E-state index contributed by atoms with van der Waals surface area (Å²) in [5.74, 6) is -1.48. The van der Waals surface area contributed by atoms with Crippen LogP contribution in [-0.2, 0) is 15.1 Å². The fraction of sp³-hybridized carbons (Fsp3) is 0.429. The van der Waals surface area contributed by atoms with Gasteiger partial charge < -0.3 is 10.8 Å². The molecular formula is C14H20N2O3. The third-order valence-electron chi connectivity index (χ3n) is 3.02. The topological polar surface area (TPSA) is 92.4 Å². The van der Waals surface area contributed by atoms with Gasteiger partial charge in [0.25, 0.3) is 0 Å².